The molecule has 2 heteroatoms. The lowest BCUT2D eigenvalue weighted by Gasteiger charge is -2.07. The summed E-state index contributed by atoms with van der Waals surface area (Å²) < 4.78 is 0. The monoisotopic (exact) mass is 416 g/mol. The highest BCUT2D eigenvalue weighted by atomic mass is 16.1. The van der Waals surface area contributed by atoms with Gasteiger partial charge in [-0.25, -0.2) is 0 Å². The Kier molecular flexibility index (Phi) is 6.23. The van der Waals surface area contributed by atoms with Crippen molar-refractivity contribution in [3.8, 4) is 0 Å². The first-order valence-electron chi connectivity index (χ1n) is 10.6. The van der Waals surface area contributed by atoms with Gasteiger partial charge in [-0.2, -0.15) is 0 Å². The van der Waals surface area contributed by atoms with Crippen LogP contribution in [0.2, 0.25) is 0 Å². The van der Waals surface area contributed by atoms with Crippen LogP contribution in [0, 0.1) is 13.8 Å². The van der Waals surface area contributed by atoms with Crippen LogP contribution in [0.5, 0.6) is 0 Å². The van der Waals surface area contributed by atoms with Crippen molar-refractivity contribution in [2.45, 2.75) is 13.8 Å². The van der Waals surface area contributed by atoms with Crippen molar-refractivity contribution in [2.75, 3.05) is 0 Å². The minimum Gasteiger partial charge on any atom is -0.298 e. The highest BCUT2D eigenvalue weighted by molar-refractivity contribution is 5.92. The van der Waals surface area contributed by atoms with E-state index in [2.05, 4.69) is 48.6 Å². The molecule has 0 N–H and O–H groups in total. The number of carbonyl (C=O) groups excluding carboxylic acids is 2. The van der Waals surface area contributed by atoms with Gasteiger partial charge in [0.05, 0.1) is 0 Å². The molecule has 2 nitrogen and oxygen atoms in total. The Bertz CT molecular complexity index is 1270. The molecule has 0 fully saturated rings. The van der Waals surface area contributed by atoms with Crippen molar-refractivity contribution in [1.82, 2.24) is 0 Å². The topological polar surface area (TPSA) is 34.1 Å². The molecule has 4 aromatic carbocycles. The molecule has 0 radical (unpaired) electrons. The van der Waals surface area contributed by atoms with E-state index >= 15 is 0 Å². The molecule has 0 aromatic heterocycles. The second-order valence-electron chi connectivity index (χ2n) is 7.96. The second kappa shape index (κ2) is 9.40. The van der Waals surface area contributed by atoms with Crippen molar-refractivity contribution in [2.24, 2.45) is 0 Å². The molecule has 0 aliphatic heterocycles. The van der Waals surface area contributed by atoms with Gasteiger partial charge in [-0.1, -0.05) is 72.8 Å². The summed E-state index contributed by atoms with van der Waals surface area (Å²) >= 11 is 0. The Labute approximate surface area is 188 Å². The highest BCUT2D eigenvalue weighted by Gasteiger charge is 2.03. The maximum atomic E-state index is 11.0. The molecule has 0 aliphatic carbocycles. The zero-order valence-corrected chi connectivity index (χ0v) is 18.2. The van der Waals surface area contributed by atoms with Crippen LogP contribution in [0.25, 0.3) is 35.1 Å². The molecule has 0 atom stereocenters. The number of benzene rings is 4. The Morgan fingerprint density at radius 2 is 0.906 bits per heavy atom. The third-order valence-corrected chi connectivity index (χ3v) is 5.70. The van der Waals surface area contributed by atoms with Crippen LogP contribution < -0.4 is 0 Å². The Hall–Kier alpha value is -4.04. The van der Waals surface area contributed by atoms with Gasteiger partial charge in [0.1, 0.15) is 12.6 Å². The summed E-state index contributed by atoms with van der Waals surface area (Å²) in [5.41, 5.74) is 7.89. The first-order chi connectivity index (χ1) is 15.6. The quantitative estimate of drug-likeness (QED) is 0.242. The molecule has 156 valence electrons. The summed E-state index contributed by atoms with van der Waals surface area (Å²) in [6.45, 7) is 4.03. The standard InChI is InChI=1S/C30H24O2/c1-21-15-23(19-31)7-9-25(21)11-13-29-17-27-5-3-4-6-28(27)18-30(29)14-12-26-10-8-24(20-32)16-22(26)2/h3-20H,1-2H3. The van der Waals surface area contributed by atoms with Crippen molar-refractivity contribution in [1.29, 1.82) is 0 Å². The summed E-state index contributed by atoms with van der Waals surface area (Å²) in [4.78, 5) is 22.0. The molecule has 0 bridgehead atoms. The highest BCUT2D eigenvalue weighted by Crippen LogP contribution is 2.25. The number of carbonyl (C=O) groups is 2. The van der Waals surface area contributed by atoms with Crippen LogP contribution in [0.3, 0.4) is 0 Å². The molecule has 0 amide bonds. The van der Waals surface area contributed by atoms with Crippen molar-refractivity contribution >= 4 is 47.6 Å². The van der Waals surface area contributed by atoms with Gasteiger partial charge < -0.3 is 0 Å². The van der Waals surface area contributed by atoms with Crippen molar-refractivity contribution in [3.63, 3.8) is 0 Å². The van der Waals surface area contributed by atoms with E-state index in [1.807, 2.05) is 62.4 Å². The van der Waals surface area contributed by atoms with Gasteiger partial charge >= 0.3 is 0 Å². The van der Waals surface area contributed by atoms with E-state index in [0.29, 0.717) is 11.1 Å². The molecule has 4 rings (SSSR count). The zero-order valence-electron chi connectivity index (χ0n) is 18.2. The van der Waals surface area contributed by atoms with Crippen LogP contribution in [0.1, 0.15) is 54.1 Å². The van der Waals surface area contributed by atoms with E-state index in [1.165, 1.54) is 10.8 Å². The predicted molar refractivity (Wildman–Crippen MR) is 135 cm³/mol. The number of aryl methyl sites for hydroxylation is 2. The normalized spacial score (nSPS) is 11.4. The molecule has 0 heterocycles. The maximum Gasteiger partial charge on any atom is 0.150 e. The smallest absolute Gasteiger partial charge is 0.150 e. The fourth-order valence-electron chi connectivity index (χ4n) is 3.84. The Balaban J connectivity index is 1.75. The van der Waals surface area contributed by atoms with E-state index in [4.69, 9.17) is 0 Å². The maximum absolute atomic E-state index is 11.0. The SMILES string of the molecule is Cc1cc(C=O)ccc1C=Cc1cc2ccccc2cc1C=Cc1ccc(C=O)cc1C. The molecule has 0 spiro atoms. The first-order valence-corrected chi connectivity index (χ1v) is 10.6. The summed E-state index contributed by atoms with van der Waals surface area (Å²) in [7, 11) is 0. The summed E-state index contributed by atoms with van der Waals surface area (Å²) in [5, 5.41) is 2.37. The average molecular weight is 417 g/mol. The van der Waals surface area contributed by atoms with Crippen LogP contribution in [-0.4, -0.2) is 12.6 Å². The third-order valence-electron chi connectivity index (χ3n) is 5.70. The molecule has 4 aromatic rings. The minimum atomic E-state index is 0.685. The van der Waals surface area contributed by atoms with E-state index in [0.717, 1.165) is 46.0 Å². The first kappa shape index (κ1) is 21.2. The summed E-state index contributed by atoms with van der Waals surface area (Å²) in [6.07, 6.45) is 10.2. The predicted octanol–water partition coefficient (Wildman–Crippen LogP) is 7.42. The Morgan fingerprint density at radius 1 is 0.500 bits per heavy atom. The number of aldehydes is 2. The van der Waals surface area contributed by atoms with Gasteiger partial charge in [0.2, 0.25) is 0 Å². The number of hydrogen-bond donors (Lipinski definition) is 0. The van der Waals surface area contributed by atoms with E-state index < -0.39 is 0 Å². The van der Waals surface area contributed by atoms with Gasteiger partial charge in [-0.15, -0.1) is 0 Å². The average Bonchev–Trinajstić information content (AvgIpc) is 2.82. The minimum absolute atomic E-state index is 0.685. The van der Waals surface area contributed by atoms with Crippen molar-refractivity contribution in [3.05, 3.63) is 117 Å². The van der Waals surface area contributed by atoms with Gasteiger partial charge in [0, 0.05) is 11.1 Å². The fraction of sp³-hybridized carbons (Fsp3) is 0.0667. The lowest BCUT2D eigenvalue weighted by Crippen LogP contribution is -1.87. The third kappa shape index (κ3) is 4.65. The van der Waals surface area contributed by atoms with Crippen LogP contribution in [0.15, 0.2) is 72.8 Å². The second-order valence-corrected chi connectivity index (χ2v) is 7.96. The van der Waals surface area contributed by atoms with E-state index in [9.17, 15) is 9.59 Å². The number of fused-ring (bicyclic) bond motifs is 1. The summed E-state index contributed by atoms with van der Waals surface area (Å²) in [6, 6.07) is 24.2. The number of rotatable bonds is 6. The molecule has 0 unspecified atom stereocenters. The lowest BCUT2D eigenvalue weighted by atomic mass is 9.97. The summed E-state index contributed by atoms with van der Waals surface area (Å²) in [5.74, 6) is 0. The van der Waals surface area contributed by atoms with Crippen LogP contribution in [0.4, 0.5) is 0 Å². The van der Waals surface area contributed by atoms with Gasteiger partial charge in [0.15, 0.2) is 0 Å². The molecule has 0 saturated heterocycles. The fourth-order valence-corrected chi connectivity index (χ4v) is 3.84. The van der Waals surface area contributed by atoms with Crippen molar-refractivity contribution < 1.29 is 9.59 Å². The van der Waals surface area contributed by atoms with E-state index in [1.54, 1.807) is 0 Å². The van der Waals surface area contributed by atoms with E-state index in [-0.39, 0.29) is 0 Å². The largest absolute Gasteiger partial charge is 0.298 e. The molecule has 32 heavy (non-hydrogen) atoms. The van der Waals surface area contributed by atoms with Gasteiger partial charge in [-0.3, -0.25) is 9.59 Å². The van der Waals surface area contributed by atoms with Gasteiger partial charge in [0.25, 0.3) is 0 Å². The molecule has 0 saturated carbocycles. The van der Waals surface area contributed by atoms with Crippen LogP contribution in [-0.2, 0) is 0 Å². The lowest BCUT2D eigenvalue weighted by molar-refractivity contribution is 0.111. The number of hydrogen-bond acceptors (Lipinski definition) is 2. The Morgan fingerprint density at radius 3 is 1.28 bits per heavy atom. The van der Waals surface area contributed by atoms with Gasteiger partial charge in [-0.05, 0) is 82.3 Å². The van der Waals surface area contributed by atoms with Crippen LogP contribution >= 0.6 is 0 Å². The molecular weight excluding hydrogens is 392 g/mol. The molecule has 0 aliphatic rings. The molecular formula is C30H24O2. The zero-order chi connectivity index (χ0) is 22.5.